The molecule has 1 atom stereocenters. The molecule has 20 heavy (non-hydrogen) atoms. The van der Waals surface area contributed by atoms with Gasteiger partial charge in [-0.05, 0) is 25.1 Å². The molecule has 0 saturated carbocycles. The number of rotatable bonds is 6. The van der Waals surface area contributed by atoms with E-state index in [9.17, 15) is 0 Å². The minimum Gasteiger partial charge on any atom is -0.481 e. The molecule has 1 N–H and O–H groups in total. The lowest BCUT2D eigenvalue weighted by Crippen LogP contribution is -2.18. The van der Waals surface area contributed by atoms with Crippen LogP contribution in [0, 0.1) is 12.3 Å². The van der Waals surface area contributed by atoms with Crippen LogP contribution in [-0.2, 0) is 6.54 Å². The number of thiazole rings is 1. The van der Waals surface area contributed by atoms with E-state index in [1.165, 1.54) is 0 Å². The third-order valence-electron chi connectivity index (χ3n) is 2.75. The van der Waals surface area contributed by atoms with Gasteiger partial charge in [0.15, 0.2) is 0 Å². The summed E-state index contributed by atoms with van der Waals surface area (Å²) in [5, 5.41) is 6.50. The van der Waals surface area contributed by atoms with E-state index in [1.54, 1.807) is 11.3 Å². The number of halogens is 1. The minimum atomic E-state index is 0.203. The zero-order valence-corrected chi connectivity index (χ0v) is 13.5. The SMILES string of the molecule is C#CCOc1ccc(Br)cc1CNC(C)c1nccs1. The highest BCUT2D eigenvalue weighted by molar-refractivity contribution is 9.10. The van der Waals surface area contributed by atoms with Crippen molar-refractivity contribution in [3.63, 3.8) is 0 Å². The summed E-state index contributed by atoms with van der Waals surface area (Å²) in [6.45, 7) is 3.07. The Morgan fingerprint density at radius 3 is 3.10 bits per heavy atom. The van der Waals surface area contributed by atoms with Gasteiger partial charge in [0.1, 0.15) is 17.4 Å². The first-order valence-electron chi connectivity index (χ1n) is 6.18. The molecule has 2 rings (SSSR count). The van der Waals surface area contributed by atoms with Crippen molar-refractivity contribution >= 4 is 27.3 Å². The second kappa shape index (κ2) is 7.44. The van der Waals surface area contributed by atoms with Crippen molar-refractivity contribution in [1.29, 1.82) is 0 Å². The van der Waals surface area contributed by atoms with Crippen LogP contribution in [0.25, 0.3) is 0 Å². The topological polar surface area (TPSA) is 34.1 Å². The zero-order valence-electron chi connectivity index (χ0n) is 11.1. The van der Waals surface area contributed by atoms with Crippen molar-refractivity contribution in [1.82, 2.24) is 10.3 Å². The molecule has 0 saturated heterocycles. The molecule has 0 radical (unpaired) electrons. The average Bonchev–Trinajstić information content (AvgIpc) is 2.98. The molecule has 104 valence electrons. The van der Waals surface area contributed by atoms with Crippen molar-refractivity contribution in [2.45, 2.75) is 19.5 Å². The van der Waals surface area contributed by atoms with E-state index in [2.05, 4.69) is 39.1 Å². The Morgan fingerprint density at radius 2 is 2.40 bits per heavy atom. The molecule has 2 aromatic rings. The molecule has 1 aromatic carbocycles. The summed E-state index contributed by atoms with van der Waals surface area (Å²) in [6, 6.07) is 6.11. The molecule has 0 bridgehead atoms. The Balaban J connectivity index is 2.04. The number of terminal acetylenes is 1. The number of aromatic nitrogens is 1. The number of nitrogens with zero attached hydrogens (tertiary/aromatic N) is 1. The molecular weight excluding hydrogens is 336 g/mol. The van der Waals surface area contributed by atoms with Crippen LogP contribution in [0.15, 0.2) is 34.2 Å². The predicted octanol–water partition coefficient (Wildman–Crippen LogP) is 3.77. The molecule has 0 aliphatic rings. The maximum atomic E-state index is 5.55. The van der Waals surface area contributed by atoms with Gasteiger partial charge in [-0.2, -0.15) is 0 Å². The minimum absolute atomic E-state index is 0.203. The first-order chi connectivity index (χ1) is 9.70. The van der Waals surface area contributed by atoms with Crippen LogP contribution in [-0.4, -0.2) is 11.6 Å². The van der Waals surface area contributed by atoms with Crippen molar-refractivity contribution in [2.75, 3.05) is 6.61 Å². The molecular formula is C15H15BrN2OS. The van der Waals surface area contributed by atoms with E-state index in [-0.39, 0.29) is 12.6 Å². The first-order valence-corrected chi connectivity index (χ1v) is 7.85. The summed E-state index contributed by atoms with van der Waals surface area (Å²) < 4.78 is 6.57. The summed E-state index contributed by atoms with van der Waals surface area (Å²) >= 11 is 5.12. The van der Waals surface area contributed by atoms with Crippen molar-refractivity contribution in [3.05, 3.63) is 44.8 Å². The van der Waals surface area contributed by atoms with E-state index < -0.39 is 0 Å². The van der Waals surface area contributed by atoms with E-state index in [0.29, 0.717) is 6.54 Å². The quantitative estimate of drug-likeness (QED) is 0.805. The standard InChI is InChI=1S/C15H15BrN2OS/c1-3-7-19-14-5-4-13(16)9-12(14)10-18-11(2)15-17-6-8-20-15/h1,4-6,8-9,11,18H,7,10H2,2H3. The maximum absolute atomic E-state index is 5.55. The molecule has 0 amide bonds. The zero-order chi connectivity index (χ0) is 14.4. The fourth-order valence-corrected chi connectivity index (χ4v) is 2.82. The fraction of sp³-hybridized carbons (Fsp3) is 0.267. The van der Waals surface area contributed by atoms with Crippen LogP contribution in [0.4, 0.5) is 0 Å². The smallest absolute Gasteiger partial charge is 0.148 e. The number of hydrogen-bond donors (Lipinski definition) is 1. The summed E-state index contributed by atoms with van der Waals surface area (Å²) in [5.41, 5.74) is 1.07. The normalized spacial score (nSPS) is 11.8. The van der Waals surface area contributed by atoms with E-state index in [4.69, 9.17) is 11.2 Å². The van der Waals surface area contributed by atoms with Crippen LogP contribution < -0.4 is 10.1 Å². The largest absolute Gasteiger partial charge is 0.481 e. The maximum Gasteiger partial charge on any atom is 0.148 e. The number of hydrogen-bond acceptors (Lipinski definition) is 4. The Labute approximate surface area is 131 Å². The van der Waals surface area contributed by atoms with Gasteiger partial charge in [-0.15, -0.1) is 17.8 Å². The Kier molecular flexibility index (Phi) is 5.60. The molecule has 1 aromatic heterocycles. The first kappa shape index (κ1) is 15.0. The highest BCUT2D eigenvalue weighted by atomic mass is 79.9. The highest BCUT2D eigenvalue weighted by Gasteiger charge is 2.10. The number of nitrogens with one attached hydrogen (secondary N) is 1. The van der Waals surface area contributed by atoms with Gasteiger partial charge >= 0.3 is 0 Å². The molecule has 3 nitrogen and oxygen atoms in total. The number of ether oxygens (including phenoxy) is 1. The molecule has 0 aliphatic heterocycles. The molecule has 0 aliphatic carbocycles. The van der Waals surface area contributed by atoms with Crippen molar-refractivity contribution < 1.29 is 4.74 Å². The third-order valence-corrected chi connectivity index (χ3v) is 4.21. The Morgan fingerprint density at radius 1 is 1.55 bits per heavy atom. The highest BCUT2D eigenvalue weighted by Crippen LogP contribution is 2.24. The Hall–Kier alpha value is -1.35. The molecule has 0 spiro atoms. The van der Waals surface area contributed by atoms with Crippen LogP contribution >= 0.6 is 27.3 Å². The fourth-order valence-electron chi connectivity index (χ4n) is 1.75. The lowest BCUT2D eigenvalue weighted by atomic mass is 10.2. The van der Waals surface area contributed by atoms with Crippen molar-refractivity contribution in [2.24, 2.45) is 0 Å². The summed E-state index contributed by atoms with van der Waals surface area (Å²) in [5.74, 6) is 3.29. The van der Waals surface area contributed by atoms with Gasteiger partial charge in [0, 0.05) is 28.2 Å². The van der Waals surface area contributed by atoms with Crippen LogP contribution in [0.5, 0.6) is 5.75 Å². The van der Waals surface area contributed by atoms with Gasteiger partial charge in [-0.25, -0.2) is 4.98 Å². The van der Waals surface area contributed by atoms with Crippen LogP contribution in [0.1, 0.15) is 23.5 Å². The average molecular weight is 351 g/mol. The van der Waals surface area contributed by atoms with Gasteiger partial charge in [-0.1, -0.05) is 21.9 Å². The van der Waals surface area contributed by atoms with Crippen LogP contribution in [0.3, 0.4) is 0 Å². The van der Waals surface area contributed by atoms with E-state index in [0.717, 1.165) is 20.8 Å². The second-order valence-electron chi connectivity index (χ2n) is 4.22. The summed E-state index contributed by atoms with van der Waals surface area (Å²) in [6.07, 6.45) is 7.05. The third kappa shape index (κ3) is 4.07. The van der Waals surface area contributed by atoms with Crippen molar-refractivity contribution in [3.8, 4) is 18.1 Å². The van der Waals surface area contributed by atoms with E-state index >= 15 is 0 Å². The lowest BCUT2D eigenvalue weighted by molar-refractivity contribution is 0.363. The monoisotopic (exact) mass is 350 g/mol. The molecule has 0 fully saturated rings. The van der Waals surface area contributed by atoms with E-state index in [1.807, 2.05) is 29.8 Å². The molecule has 1 unspecified atom stereocenters. The summed E-state index contributed by atoms with van der Waals surface area (Å²) in [7, 11) is 0. The lowest BCUT2D eigenvalue weighted by Gasteiger charge is -2.14. The second-order valence-corrected chi connectivity index (χ2v) is 6.06. The molecule has 5 heteroatoms. The van der Waals surface area contributed by atoms with Gasteiger partial charge in [0.2, 0.25) is 0 Å². The number of benzene rings is 1. The van der Waals surface area contributed by atoms with Gasteiger partial charge in [0.25, 0.3) is 0 Å². The predicted molar refractivity (Wildman–Crippen MR) is 85.8 cm³/mol. The van der Waals surface area contributed by atoms with Crippen LogP contribution in [0.2, 0.25) is 0 Å². The molecule has 1 heterocycles. The Bertz CT molecular complexity index is 592. The summed E-state index contributed by atoms with van der Waals surface area (Å²) in [4.78, 5) is 4.31. The van der Waals surface area contributed by atoms with Gasteiger partial charge in [-0.3, -0.25) is 0 Å². The van der Waals surface area contributed by atoms with Gasteiger partial charge in [0.05, 0.1) is 6.04 Å². The van der Waals surface area contributed by atoms with Gasteiger partial charge < -0.3 is 10.1 Å².